The van der Waals surface area contributed by atoms with E-state index in [-0.39, 0.29) is 41.8 Å². The standard InChI is InChI=1S/C38H44F2N8O2.C3H8/c1-45(2)38(50)33-22-31-29(26-7-5-24(6-8-26)25-11-16-46(17-12-25)34-10-9-28(42)20-32(34)39)21-30(36(40)37(31)44-33)27-4-3-15-47(23-27)35(49)13-18-48(43)19-14-41;1-3-2/h4-10,14,19-22,25,44H,3,11-13,15-18,23,41-43H2,1-2H3;3H2,1-2H3/b19-14-;. The number of hydrogen-bond donors (Lipinski definition) is 4. The second kappa shape index (κ2) is 17.4. The second-order valence-electron chi connectivity index (χ2n) is 13.9. The number of fused-ring (bicyclic) bond motifs is 1. The topological polar surface area (TPSA) is 141 Å². The van der Waals surface area contributed by atoms with Gasteiger partial charge in [-0.2, -0.15) is 0 Å². The summed E-state index contributed by atoms with van der Waals surface area (Å²) in [4.78, 5) is 34.3. The van der Waals surface area contributed by atoms with Crippen LogP contribution in [0.4, 0.5) is 20.2 Å². The molecule has 0 radical (unpaired) electrons. The van der Waals surface area contributed by atoms with E-state index >= 15 is 4.39 Å². The van der Waals surface area contributed by atoms with Crippen molar-refractivity contribution >= 4 is 39.7 Å². The van der Waals surface area contributed by atoms with Gasteiger partial charge in [0.15, 0.2) is 5.82 Å². The summed E-state index contributed by atoms with van der Waals surface area (Å²) in [6.45, 7) is 6.78. The third-order valence-corrected chi connectivity index (χ3v) is 9.70. The van der Waals surface area contributed by atoms with Crippen LogP contribution in [0.5, 0.6) is 0 Å². The van der Waals surface area contributed by atoms with Crippen LogP contribution in [0.2, 0.25) is 0 Å². The van der Waals surface area contributed by atoms with Gasteiger partial charge in [-0.25, -0.2) is 14.6 Å². The minimum absolute atomic E-state index is 0.0862. The molecule has 2 aliphatic heterocycles. The van der Waals surface area contributed by atoms with Crippen LogP contribution in [0.3, 0.4) is 0 Å². The van der Waals surface area contributed by atoms with Gasteiger partial charge in [0.1, 0.15) is 11.5 Å². The lowest BCUT2D eigenvalue weighted by Gasteiger charge is -2.34. The van der Waals surface area contributed by atoms with Crippen LogP contribution < -0.4 is 22.2 Å². The summed E-state index contributed by atoms with van der Waals surface area (Å²) >= 11 is 0. The highest BCUT2D eigenvalue weighted by atomic mass is 19.1. The Balaban J connectivity index is 0.00000175. The molecule has 12 heteroatoms. The number of hydrogen-bond acceptors (Lipinski definition) is 7. The summed E-state index contributed by atoms with van der Waals surface area (Å²) in [7, 11) is 3.31. The zero-order valence-electron chi connectivity index (χ0n) is 31.2. The fourth-order valence-corrected chi connectivity index (χ4v) is 6.98. The van der Waals surface area contributed by atoms with E-state index < -0.39 is 5.82 Å². The van der Waals surface area contributed by atoms with Crippen LogP contribution in [0.1, 0.15) is 73.5 Å². The highest BCUT2D eigenvalue weighted by molar-refractivity contribution is 6.04. The third-order valence-electron chi connectivity index (χ3n) is 9.70. The zero-order chi connectivity index (χ0) is 38.2. The Labute approximate surface area is 310 Å². The Morgan fingerprint density at radius 1 is 0.981 bits per heavy atom. The average molecular weight is 727 g/mol. The third kappa shape index (κ3) is 9.00. The molecule has 1 saturated heterocycles. The van der Waals surface area contributed by atoms with E-state index in [0.29, 0.717) is 53.3 Å². The number of carbonyl (C=O) groups is 2. The molecule has 282 valence electrons. The lowest BCUT2D eigenvalue weighted by molar-refractivity contribution is -0.130. The molecule has 0 unspecified atom stereocenters. The summed E-state index contributed by atoms with van der Waals surface area (Å²) in [6, 6.07) is 16.7. The van der Waals surface area contributed by atoms with Gasteiger partial charge in [-0.15, -0.1) is 0 Å². The van der Waals surface area contributed by atoms with Crippen LogP contribution in [0.15, 0.2) is 73.1 Å². The summed E-state index contributed by atoms with van der Waals surface area (Å²) in [5.41, 5.74) is 16.6. The molecule has 6 rings (SSSR count). The molecule has 53 heavy (non-hydrogen) atoms. The number of H-pyrrole nitrogens is 1. The van der Waals surface area contributed by atoms with Gasteiger partial charge in [0.2, 0.25) is 5.91 Å². The van der Waals surface area contributed by atoms with Crippen molar-refractivity contribution in [1.82, 2.24) is 19.8 Å². The molecule has 3 heterocycles. The van der Waals surface area contributed by atoms with Crippen LogP contribution in [-0.4, -0.2) is 78.4 Å². The van der Waals surface area contributed by atoms with Gasteiger partial charge in [-0.05, 0) is 77.8 Å². The molecule has 2 aliphatic rings. The van der Waals surface area contributed by atoms with E-state index in [9.17, 15) is 14.0 Å². The number of benzene rings is 3. The zero-order valence-corrected chi connectivity index (χ0v) is 31.2. The Morgan fingerprint density at radius 2 is 1.68 bits per heavy atom. The number of nitrogen functional groups attached to an aromatic ring is 1. The first-order valence-corrected chi connectivity index (χ1v) is 18.3. The van der Waals surface area contributed by atoms with Crippen molar-refractivity contribution in [2.75, 3.05) is 57.5 Å². The first-order chi connectivity index (χ1) is 25.4. The number of anilines is 2. The summed E-state index contributed by atoms with van der Waals surface area (Å²) in [6.07, 6.45) is 8.55. The number of halogens is 2. The van der Waals surface area contributed by atoms with Crippen molar-refractivity contribution < 1.29 is 18.4 Å². The number of nitrogens with one attached hydrogen (secondary N) is 1. The second-order valence-corrected chi connectivity index (χ2v) is 13.9. The highest BCUT2D eigenvalue weighted by Gasteiger charge is 2.26. The minimum atomic E-state index is -0.468. The van der Waals surface area contributed by atoms with Gasteiger partial charge >= 0.3 is 0 Å². The van der Waals surface area contributed by atoms with Crippen molar-refractivity contribution in [1.29, 1.82) is 0 Å². The van der Waals surface area contributed by atoms with Gasteiger partial charge in [0.05, 0.1) is 11.2 Å². The summed E-state index contributed by atoms with van der Waals surface area (Å²) < 4.78 is 31.0. The highest BCUT2D eigenvalue weighted by Crippen LogP contribution is 2.38. The van der Waals surface area contributed by atoms with E-state index in [1.54, 1.807) is 37.2 Å². The number of amides is 2. The lowest BCUT2D eigenvalue weighted by atomic mass is 9.87. The van der Waals surface area contributed by atoms with Crippen molar-refractivity contribution in [3.05, 3.63) is 102 Å². The van der Waals surface area contributed by atoms with Crippen molar-refractivity contribution in [2.24, 2.45) is 11.6 Å². The first kappa shape index (κ1) is 38.9. The molecule has 2 amide bonds. The number of aromatic amines is 1. The number of piperidine rings is 1. The fraction of sp³-hybridized carbons (Fsp3) is 0.366. The number of nitrogens with zero attached hydrogens (tertiary/aromatic N) is 4. The number of carbonyl (C=O) groups excluding carboxylic acids is 2. The predicted octanol–water partition coefficient (Wildman–Crippen LogP) is 6.81. The van der Waals surface area contributed by atoms with Crippen molar-refractivity contribution in [3.63, 3.8) is 0 Å². The Hall–Kier alpha value is -5.36. The van der Waals surface area contributed by atoms with E-state index in [1.165, 1.54) is 40.4 Å². The molecule has 4 aromatic rings. The Kier molecular flexibility index (Phi) is 12.8. The SMILES string of the molecule is CCC.CN(C)C(=O)c1cc2c(-c3ccc(C4CCN(c5ccc(N)cc5F)CC4)cc3)cc(C3=CCCN(C(=O)CCN(N)/C=C\N)C3)c(F)c2[nH]1. The maximum atomic E-state index is 16.4. The number of rotatable bonds is 9. The molecule has 10 nitrogen and oxygen atoms in total. The molecule has 1 fully saturated rings. The fourth-order valence-electron chi connectivity index (χ4n) is 6.98. The Morgan fingerprint density at radius 3 is 2.32 bits per heavy atom. The van der Waals surface area contributed by atoms with E-state index in [1.807, 2.05) is 24.3 Å². The maximum Gasteiger partial charge on any atom is 0.269 e. The van der Waals surface area contributed by atoms with Gasteiger partial charge in [0, 0.05) is 82.3 Å². The normalized spacial score (nSPS) is 15.0. The van der Waals surface area contributed by atoms with Gasteiger partial charge < -0.3 is 36.2 Å². The molecule has 3 aromatic carbocycles. The van der Waals surface area contributed by atoms with Crippen LogP contribution in [0, 0.1) is 11.6 Å². The van der Waals surface area contributed by atoms with Gasteiger partial charge in [-0.1, -0.05) is 50.6 Å². The largest absolute Gasteiger partial charge is 0.403 e. The smallest absolute Gasteiger partial charge is 0.269 e. The number of hydrazine groups is 1. The molecule has 7 N–H and O–H groups in total. The number of nitrogens with two attached hydrogens (primary N) is 3. The van der Waals surface area contributed by atoms with E-state index in [4.69, 9.17) is 17.3 Å². The molecular formula is C41H52F2N8O2. The average Bonchev–Trinajstić information content (AvgIpc) is 3.61. The molecule has 0 saturated carbocycles. The summed E-state index contributed by atoms with van der Waals surface area (Å²) in [5, 5.41) is 1.95. The molecule has 0 atom stereocenters. The summed E-state index contributed by atoms with van der Waals surface area (Å²) in [5.74, 6) is 5.03. The van der Waals surface area contributed by atoms with Gasteiger partial charge in [-0.3, -0.25) is 9.59 Å². The number of aromatic nitrogens is 1. The van der Waals surface area contributed by atoms with Crippen molar-refractivity contribution in [3.8, 4) is 11.1 Å². The monoisotopic (exact) mass is 726 g/mol. The Bertz CT molecular complexity index is 1960. The van der Waals surface area contributed by atoms with Crippen LogP contribution in [-0.2, 0) is 4.79 Å². The lowest BCUT2D eigenvalue weighted by Crippen LogP contribution is -2.38. The van der Waals surface area contributed by atoms with E-state index in [2.05, 4.69) is 35.9 Å². The minimum Gasteiger partial charge on any atom is -0.403 e. The predicted molar refractivity (Wildman–Crippen MR) is 211 cm³/mol. The van der Waals surface area contributed by atoms with Crippen LogP contribution in [0.25, 0.3) is 27.6 Å². The van der Waals surface area contributed by atoms with Gasteiger partial charge in [0.25, 0.3) is 5.91 Å². The molecule has 0 bridgehead atoms. The first-order valence-electron chi connectivity index (χ1n) is 18.3. The maximum absolute atomic E-state index is 16.4. The van der Waals surface area contributed by atoms with Crippen LogP contribution >= 0.6 is 0 Å². The molecule has 0 spiro atoms. The molecule has 0 aliphatic carbocycles. The quantitative estimate of drug-likeness (QED) is 0.0844. The molecule has 1 aromatic heterocycles. The van der Waals surface area contributed by atoms with Crippen molar-refractivity contribution in [2.45, 2.75) is 51.9 Å². The van der Waals surface area contributed by atoms with E-state index in [0.717, 1.165) is 37.1 Å². The molecular weight excluding hydrogens is 675 g/mol.